The number of fused-ring (bicyclic) bond motifs is 8. The number of benzene rings is 10. The molecule has 10 aromatic carbocycles. The van der Waals surface area contributed by atoms with Crippen LogP contribution in [0.1, 0.15) is 0 Å². The van der Waals surface area contributed by atoms with Gasteiger partial charge in [0.1, 0.15) is 0 Å². The molecule has 0 saturated heterocycles. The fraction of sp³-hybridized carbons (Fsp3) is 0. The van der Waals surface area contributed by atoms with Crippen LogP contribution in [0.25, 0.3) is 97.3 Å². The molecule has 0 aliphatic carbocycles. The summed E-state index contributed by atoms with van der Waals surface area (Å²) >= 11 is 0. The molecular weight excluding hydrogens is 617 g/mol. The minimum atomic E-state index is 0. The van der Waals surface area contributed by atoms with E-state index in [9.17, 15) is 0 Å². The van der Waals surface area contributed by atoms with Crippen molar-refractivity contribution in [3.63, 3.8) is 0 Å². The average molecular weight is 642 g/mol. The first kappa shape index (κ1) is 26.8. The summed E-state index contributed by atoms with van der Waals surface area (Å²) in [5.41, 5.74) is 2.19. The van der Waals surface area contributed by atoms with Crippen LogP contribution in [-0.2, 0) is 32.7 Å². The molecule has 205 valence electrons. The van der Waals surface area contributed by atoms with E-state index in [1.807, 2.05) is 0 Å². The zero-order valence-corrected chi connectivity index (χ0v) is 27.3. The largest absolute Gasteiger partial charge is 0.218 e. The molecule has 45 heavy (non-hydrogen) atoms. The first-order chi connectivity index (χ1) is 21.7. The quantitative estimate of drug-likeness (QED) is 0.124. The SMILES string of the molecule is [Y].[c-]1ccc2cc3cc4cc5ccccc5cc4cc3cc2c1-c1[c-]ccc2cc3cc4cc5ccccc5cc4cc3cc12. The maximum absolute atomic E-state index is 3.61. The molecule has 0 unspecified atom stereocenters. The first-order valence-corrected chi connectivity index (χ1v) is 15.2. The third-order valence-corrected chi connectivity index (χ3v) is 9.43. The molecule has 0 bridgehead atoms. The predicted molar refractivity (Wildman–Crippen MR) is 190 cm³/mol. The Labute approximate surface area is 285 Å². The van der Waals surface area contributed by atoms with Crippen molar-refractivity contribution in [2.24, 2.45) is 0 Å². The van der Waals surface area contributed by atoms with Gasteiger partial charge >= 0.3 is 0 Å². The standard InChI is InChI=1S/C44H24.Y/c1-3-9-29-17-35-23-39-25-43-31(19-37(39)21-33(35)15-27(29)7-1)11-5-13-41(43)42-14-6-12-32-20-38-22-34-16-28-8-2-4-10-30(28)18-36(34)24-40(38)26-44(32)42;/h1-12,15-26H;/q-2;. The molecule has 1 heteroatoms. The van der Waals surface area contributed by atoms with Gasteiger partial charge in [-0.05, 0) is 113 Å². The van der Waals surface area contributed by atoms with Crippen LogP contribution in [-0.4, -0.2) is 0 Å². The zero-order valence-electron chi connectivity index (χ0n) is 24.4. The van der Waals surface area contributed by atoms with Crippen LogP contribution < -0.4 is 0 Å². The monoisotopic (exact) mass is 641 g/mol. The molecule has 0 spiro atoms. The summed E-state index contributed by atoms with van der Waals surface area (Å²) in [7, 11) is 0. The van der Waals surface area contributed by atoms with Gasteiger partial charge in [-0.3, -0.25) is 0 Å². The van der Waals surface area contributed by atoms with Gasteiger partial charge in [-0.25, -0.2) is 11.1 Å². The maximum atomic E-state index is 3.61. The van der Waals surface area contributed by atoms with Gasteiger partial charge in [0.25, 0.3) is 0 Å². The van der Waals surface area contributed by atoms with Gasteiger partial charge in [-0.15, -0.1) is 33.7 Å². The fourth-order valence-electron chi connectivity index (χ4n) is 7.23. The molecule has 0 saturated carbocycles. The van der Waals surface area contributed by atoms with Crippen molar-refractivity contribution in [1.29, 1.82) is 0 Å². The second kappa shape index (κ2) is 10.2. The second-order valence-corrected chi connectivity index (χ2v) is 12.1. The van der Waals surface area contributed by atoms with E-state index in [4.69, 9.17) is 0 Å². The van der Waals surface area contributed by atoms with Gasteiger partial charge in [-0.1, -0.05) is 72.8 Å². The number of hydrogen-bond donors (Lipinski definition) is 0. The zero-order chi connectivity index (χ0) is 28.8. The molecule has 0 aromatic heterocycles. The van der Waals surface area contributed by atoms with Crippen molar-refractivity contribution in [3.05, 3.63) is 158 Å². The summed E-state index contributed by atoms with van der Waals surface area (Å²) in [6.45, 7) is 0. The Morgan fingerprint density at radius 1 is 0.267 bits per heavy atom. The Kier molecular flexibility index (Phi) is 6.07. The van der Waals surface area contributed by atoms with Crippen molar-refractivity contribution < 1.29 is 32.7 Å². The number of hydrogen-bond acceptors (Lipinski definition) is 0. The number of rotatable bonds is 1. The maximum Gasteiger partial charge on any atom is 0 e. The molecule has 0 heterocycles. The Bertz CT molecular complexity index is 2630. The first-order valence-electron chi connectivity index (χ1n) is 15.2. The fourth-order valence-corrected chi connectivity index (χ4v) is 7.23. The normalized spacial score (nSPS) is 11.8. The van der Waals surface area contributed by atoms with E-state index in [-0.39, 0.29) is 32.7 Å². The van der Waals surface area contributed by atoms with Crippen LogP contribution in [0, 0.1) is 12.1 Å². The van der Waals surface area contributed by atoms with Crippen molar-refractivity contribution in [2.75, 3.05) is 0 Å². The smallest absolute Gasteiger partial charge is 0 e. The Hall–Kier alpha value is -4.62. The van der Waals surface area contributed by atoms with E-state index < -0.39 is 0 Å². The molecule has 10 aromatic rings. The van der Waals surface area contributed by atoms with Crippen molar-refractivity contribution in [1.82, 2.24) is 0 Å². The van der Waals surface area contributed by atoms with Gasteiger partial charge in [0.15, 0.2) is 0 Å². The van der Waals surface area contributed by atoms with E-state index in [1.54, 1.807) is 0 Å². The van der Waals surface area contributed by atoms with Crippen molar-refractivity contribution in [3.8, 4) is 11.1 Å². The predicted octanol–water partition coefficient (Wildman–Crippen LogP) is 12.2. The third kappa shape index (κ3) is 4.28. The molecular formula is C44H24Y-2. The topological polar surface area (TPSA) is 0 Å². The Balaban J connectivity index is 0.00000281. The van der Waals surface area contributed by atoms with Crippen LogP contribution in [0.4, 0.5) is 0 Å². The van der Waals surface area contributed by atoms with Crippen LogP contribution in [0.5, 0.6) is 0 Å². The molecule has 1 radical (unpaired) electrons. The van der Waals surface area contributed by atoms with Gasteiger partial charge in [0.2, 0.25) is 0 Å². The van der Waals surface area contributed by atoms with Crippen LogP contribution in [0.3, 0.4) is 0 Å². The minimum absolute atomic E-state index is 0. The van der Waals surface area contributed by atoms with E-state index >= 15 is 0 Å². The Morgan fingerprint density at radius 3 is 0.867 bits per heavy atom. The summed E-state index contributed by atoms with van der Waals surface area (Å²) in [5, 5.41) is 20.0. The molecule has 0 aliphatic rings. The van der Waals surface area contributed by atoms with Crippen molar-refractivity contribution >= 4 is 86.2 Å². The van der Waals surface area contributed by atoms with Crippen molar-refractivity contribution in [2.45, 2.75) is 0 Å². The van der Waals surface area contributed by atoms with E-state index in [0.717, 1.165) is 11.1 Å². The van der Waals surface area contributed by atoms with Gasteiger partial charge in [0.05, 0.1) is 0 Å². The average Bonchev–Trinajstić information content (AvgIpc) is 3.05. The molecule has 0 atom stereocenters. The Morgan fingerprint density at radius 2 is 0.533 bits per heavy atom. The van der Waals surface area contributed by atoms with Gasteiger partial charge < -0.3 is 0 Å². The van der Waals surface area contributed by atoms with E-state index in [0.29, 0.717) is 0 Å². The summed E-state index contributed by atoms with van der Waals surface area (Å²) < 4.78 is 0. The second-order valence-electron chi connectivity index (χ2n) is 12.1. The minimum Gasteiger partial charge on any atom is -0.218 e. The summed E-state index contributed by atoms with van der Waals surface area (Å²) in [6.07, 6.45) is 0. The van der Waals surface area contributed by atoms with Gasteiger partial charge in [0, 0.05) is 32.7 Å². The van der Waals surface area contributed by atoms with Gasteiger partial charge in [-0.2, -0.15) is 24.3 Å². The van der Waals surface area contributed by atoms with Crippen LogP contribution in [0.2, 0.25) is 0 Å². The molecule has 0 aliphatic heterocycles. The summed E-state index contributed by atoms with van der Waals surface area (Å²) in [5.74, 6) is 0. The van der Waals surface area contributed by atoms with Crippen LogP contribution >= 0.6 is 0 Å². The molecule has 0 nitrogen and oxygen atoms in total. The van der Waals surface area contributed by atoms with E-state index in [2.05, 4.69) is 158 Å². The molecule has 0 N–H and O–H groups in total. The van der Waals surface area contributed by atoms with E-state index in [1.165, 1.54) is 86.2 Å². The summed E-state index contributed by atoms with van der Waals surface area (Å²) in [6, 6.07) is 60.8. The van der Waals surface area contributed by atoms with Crippen LogP contribution in [0.15, 0.2) is 146 Å². The molecule has 10 rings (SSSR count). The molecule has 0 fully saturated rings. The summed E-state index contributed by atoms with van der Waals surface area (Å²) in [4.78, 5) is 0. The third-order valence-electron chi connectivity index (χ3n) is 9.43. The molecule has 0 amide bonds.